The van der Waals surface area contributed by atoms with Crippen molar-refractivity contribution < 1.29 is 35.9 Å². The van der Waals surface area contributed by atoms with Gasteiger partial charge in [0.15, 0.2) is 5.03 Å². The van der Waals surface area contributed by atoms with Crippen molar-refractivity contribution in [2.75, 3.05) is 20.2 Å². The number of pyridine rings is 1. The summed E-state index contributed by atoms with van der Waals surface area (Å²) in [6.45, 7) is -0.195. The van der Waals surface area contributed by atoms with Gasteiger partial charge in [0, 0.05) is 24.8 Å². The van der Waals surface area contributed by atoms with Gasteiger partial charge in [-0.15, -0.1) is 0 Å². The molecule has 12 heteroatoms. The van der Waals surface area contributed by atoms with Crippen LogP contribution >= 0.6 is 0 Å². The van der Waals surface area contributed by atoms with E-state index in [4.69, 9.17) is 4.74 Å². The van der Waals surface area contributed by atoms with Gasteiger partial charge in [-0.2, -0.15) is 13.2 Å². The predicted molar refractivity (Wildman–Crippen MR) is 95.1 cm³/mol. The average Bonchev–Trinajstić information content (AvgIpc) is 2.70. The number of halogens is 3. The Morgan fingerprint density at radius 3 is 2.17 bits per heavy atom. The molecule has 0 unspecified atom stereocenters. The molecule has 0 spiro atoms. The third-order valence-electron chi connectivity index (χ3n) is 3.62. The second kappa shape index (κ2) is 8.90. The number of benzene rings is 1. The maximum Gasteiger partial charge on any atom is 0.503 e. The highest BCUT2D eigenvalue weighted by molar-refractivity contribution is 7.92. The van der Waals surface area contributed by atoms with Crippen LogP contribution in [0.3, 0.4) is 0 Å². The van der Waals surface area contributed by atoms with Crippen molar-refractivity contribution in [3.8, 4) is 5.75 Å². The lowest BCUT2D eigenvalue weighted by atomic mass is 10.2. The van der Waals surface area contributed by atoms with Gasteiger partial charge in [0.1, 0.15) is 5.75 Å². The number of hydrogen-bond acceptors (Lipinski definition) is 6. The minimum Gasteiger partial charge on any atom is -0.497 e. The topological polar surface area (TPSA) is 114 Å². The van der Waals surface area contributed by atoms with Crippen LogP contribution in [-0.4, -0.2) is 50.9 Å². The SMILES string of the molecule is COc1ccc(C(=O)NCCNC(=O)c2cccnc2S(=O)(=O)C(F)(F)F)cc1. The Hall–Kier alpha value is -3.15. The Bertz CT molecular complexity index is 992. The number of rotatable bonds is 7. The smallest absolute Gasteiger partial charge is 0.497 e. The summed E-state index contributed by atoms with van der Waals surface area (Å²) in [5, 5.41) is 3.36. The first-order valence-corrected chi connectivity index (χ1v) is 9.53. The first kappa shape index (κ1) is 22.1. The molecule has 0 radical (unpaired) electrons. The summed E-state index contributed by atoms with van der Waals surface area (Å²) >= 11 is 0. The molecule has 2 rings (SSSR count). The number of ether oxygens (including phenoxy) is 1. The molecule has 0 fully saturated rings. The van der Waals surface area contributed by atoms with E-state index in [1.807, 2.05) is 0 Å². The maximum atomic E-state index is 12.8. The van der Waals surface area contributed by atoms with Gasteiger partial charge in [-0.05, 0) is 36.4 Å². The van der Waals surface area contributed by atoms with E-state index in [-0.39, 0.29) is 13.1 Å². The van der Waals surface area contributed by atoms with Crippen LogP contribution in [0.15, 0.2) is 47.6 Å². The number of sulfone groups is 1. The highest BCUT2D eigenvalue weighted by Crippen LogP contribution is 2.30. The van der Waals surface area contributed by atoms with Gasteiger partial charge in [0.05, 0.1) is 12.7 Å². The molecule has 0 saturated heterocycles. The molecule has 29 heavy (non-hydrogen) atoms. The minimum absolute atomic E-state index is 0.0434. The van der Waals surface area contributed by atoms with E-state index >= 15 is 0 Å². The summed E-state index contributed by atoms with van der Waals surface area (Å²) in [6, 6.07) is 8.27. The van der Waals surface area contributed by atoms with Crippen molar-refractivity contribution in [2.45, 2.75) is 10.5 Å². The highest BCUT2D eigenvalue weighted by Gasteiger charge is 2.49. The lowest BCUT2D eigenvalue weighted by Gasteiger charge is -2.12. The van der Waals surface area contributed by atoms with Crippen LogP contribution in [-0.2, 0) is 9.84 Å². The number of hydrogen-bond donors (Lipinski definition) is 2. The van der Waals surface area contributed by atoms with Gasteiger partial charge in [0.2, 0.25) is 0 Å². The highest BCUT2D eigenvalue weighted by atomic mass is 32.2. The summed E-state index contributed by atoms with van der Waals surface area (Å²) in [5.41, 5.74) is -6.00. The van der Waals surface area contributed by atoms with Crippen molar-refractivity contribution in [1.29, 1.82) is 0 Å². The lowest BCUT2D eigenvalue weighted by molar-refractivity contribution is -0.0438. The standard InChI is InChI=1S/C17H16F3N3O5S/c1-28-12-6-4-11(5-7-12)14(24)21-9-10-22-15(25)13-3-2-8-23-16(13)29(26,27)17(18,19)20/h2-8H,9-10H2,1H3,(H,21,24)(H,22,25). The molecule has 2 amide bonds. The van der Waals surface area contributed by atoms with E-state index in [1.165, 1.54) is 19.2 Å². The monoisotopic (exact) mass is 431 g/mol. The third kappa shape index (κ3) is 5.22. The van der Waals surface area contributed by atoms with Gasteiger partial charge in [-0.25, -0.2) is 13.4 Å². The first-order chi connectivity index (χ1) is 13.6. The Morgan fingerprint density at radius 2 is 1.62 bits per heavy atom. The Morgan fingerprint density at radius 1 is 1.03 bits per heavy atom. The largest absolute Gasteiger partial charge is 0.503 e. The molecule has 0 aliphatic rings. The van der Waals surface area contributed by atoms with Crippen molar-refractivity contribution in [3.05, 3.63) is 53.7 Å². The predicted octanol–water partition coefficient (Wildman–Crippen LogP) is 1.54. The summed E-state index contributed by atoms with van der Waals surface area (Å²) in [5.74, 6) is -0.946. The second-order valence-electron chi connectivity index (χ2n) is 5.55. The van der Waals surface area contributed by atoms with Crippen LogP contribution in [0.2, 0.25) is 0 Å². The molecule has 1 aromatic heterocycles. The Balaban J connectivity index is 1.97. The molecular formula is C17H16F3N3O5S. The molecule has 0 atom stereocenters. The van der Waals surface area contributed by atoms with Crippen molar-refractivity contribution in [1.82, 2.24) is 15.6 Å². The molecule has 2 aromatic rings. The zero-order valence-electron chi connectivity index (χ0n) is 15.0. The number of methoxy groups -OCH3 is 1. The van der Waals surface area contributed by atoms with E-state index in [9.17, 15) is 31.2 Å². The fraction of sp³-hybridized carbons (Fsp3) is 0.235. The Labute approximate surface area is 164 Å². The molecule has 0 aliphatic carbocycles. The van der Waals surface area contributed by atoms with E-state index in [0.717, 1.165) is 18.3 Å². The average molecular weight is 431 g/mol. The number of nitrogens with one attached hydrogen (secondary N) is 2. The van der Waals surface area contributed by atoms with Crippen molar-refractivity contribution in [2.24, 2.45) is 0 Å². The van der Waals surface area contributed by atoms with Crippen LogP contribution < -0.4 is 15.4 Å². The molecule has 156 valence electrons. The minimum atomic E-state index is -5.79. The third-order valence-corrected chi connectivity index (χ3v) is 5.07. The van der Waals surface area contributed by atoms with E-state index < -0.39 is 37.7 Å². The first-order valence-electron chi connectivity index (χ1n) is 8.04. The fourth-order valence-corrected chi connectivity index (χ4v) is 3.05. The van der Waals surface area contributed by atoms with E-state index in [1.54, 1.807) is 12.1 Å². The van der Waals surface area contributed by atoms with Gasteiger partial charge < -0.3 is 15.4 Å². The number of carbonyl (C=O) groups is 2. The maximum absolute atomic E-state index is 12.8. The van der Waals surface area contributed by atoms with Crippen LogP contribution in [0.4, 0.5) is 13.2 Å². The zero-order chi connectivity index (χ0) is 21.7. The normalized spacial score (nSPS) is 11.6. The van der Waals surface area contributed by atoms with E-state index in [2.05, 4.69) is 15.6 Å². The lowest BCUT2D eigenvalue weighted by Crippen LogP contribution is -2.36. The number of nitrogens with zero attached hydrogens (tertiary/aromatic N) is 1. The quantitative estimate of drug-likeness (QED) is 0.643. The van der Waals surface area contributed by atoms with Gasteiger partial charge in [-0.1, -0.05) is 0 Å². The Kier molecular flexibility index (Phi) is 6.80. The number of carbonyl (C=O) groups excluding carboxylic acids is 2. The zero-order valence-corrected chi connectivity index (χ0v) is 15.8. The summed E-state index contributed by atoms with van der Waals surface area (Å²) in [7, 11) is -4.31. The summed E-state index contributed by atoms with van der Waals surface area (Å²) in [6.07, 6.45) is 0.838. The van der Waals surface area contributed by atoms with Gasteiger partial charge in [-0.3, -0.25) is 9.59 Å². The molecule has 1 heterocycles. The van der Waals surface area contributed by atoms with Gasteiger partial charge >= 0.3 is 5.51 Å². The van der Waals surface area contributed by atoms with Crippen molar-refractivity contribution >= 4 is 21.7 Å². The molecule has 1 aromatic carbocycles. The number of amides is 2. The fourth-order valence-electron chi connectivity index (χ4n) is 2.18. The van der Waals surface area contributed by atoms with E-state index in [0.29, 0.717) is 11.3 Å². The number of alkyl halides is 3. The van der Waals surface area contributed by atoms with Crippen LogP contribution in [0.5, 0.6) is 5.75 Å². The van der Waals surface area contributed by atoms with Crippen LogP contribution in [0, 0.1) is 0 Å². The molecule has 0 saturated carbocycles. The molecular weight excluding hydrogens is 415 g/mol. The molecule has 0 aliphatic heterocycles. The van der Waals surface area contributed by atoms with Crippen molar-refractivity contribution in [3.63, 3.8) is 0 Å². The van der Waals surface area contributed by atoms with Crippen LogP contribution in [0.1, 0.15) is 20.7 Å². The second-order valence-corrected chi connectivity index (χ2v) is 7.40. The number of aromatic nitrogens is 1. The molecule has 8 nitrogen and oxygen atoms in total. The van der Waals surface area contributed by atoms with Crippen LogP contribution in [0.25, 0.3) is 0 Å². The summed E-state index contributed by atoms with van der Waals surface area (Å²) < 4.78 is 66.4. The summed E-state index contributed by atoms with van der Waals surface area (Å²) in [4.78, 5) is 27.3. The van der Waals surface area contributed by atoms with Gasteiger partial charge in [0.25, 0.3) is 21.7 Å². The molecule has 0 bridgehead atoms. The molecule has 2 N–H and O–H groups in total.